The Hall–Kier alpha value is -1.31. The first-order valence-corrected chi connectivity index (χ1v) is 8.35. The average Bonchev–Trinajstić information content (AvgIpc) is 3.02. The second-order valence-electron chi connectivity index (χ2n) is 4.20. The summed E-state index contributed by atoms with van der Waals surface area (Å²) < 4.78 is 12.8. The van der Waals surface area contributed by atoms with E-state index in [2.05, 4.69) is 37.0 Å². The van der Waals surface area contributed by atoms with E-state index in [1.54, 1.807) is 18.4 Å². The van der Waals surface area contributed by atoms with Crippen molar-refractivity contribution in [3.63, 3.8) is 0 Å². The van der Waals surface area contributed by atoms with Gasteiger partial charge in [-0.05, 0) is 44.0 Å². The van der Waals surface area contributed by atoms with Gasteiger partial charge in [-0.2, -0.15) is 0 Å². The molecule has 3 aromatic rings. The van der Waals surface area contributed by atoms with E-state index in [1.807, 2.05) is 30.3 Å². The molecule has 0 atom stereocenters. The summed E-state index contributed by atoms with van der Waals surface area (Å²) in [5.74, 6) is 1.70. The fourth-order valence-corrected chi connectivity index (χ4v) is 4.06. The highest BCUT2D eigenvalue weighted by Gasteiger charge is 2.22. The van der Waals surface area contributed by atoms with Crippen LogP contribution < -0.4 is 10.5 Å². The lowest BCUT2D eigenvalue weighted by atomic mass is 10.0. The molecule has 108 valence electrons. The van der Waals surface area contributed by atoms with Crippen molar-refractivity contribution in [2.45, 2.75) is 0 Å². The molecule has 21 heavy (non-hydrogen) atoms. The van der Waals surface area contributed by atoms with E-state index in [4.69, 9.17) is 15.0 Å². The molecule has 3 rings (SSSR count). The van der Waals surface area contributed by atoms with Gasteiger partial charge >= 0.3 is 0 Å². The minimum atomic E-state index is 0.343. The summed E-state index contributed by atoms with van der Waals surface area (Å²) in [5, 5.41) is 3.91. The number of thiophene rings is 1. The van der Waals surface area contributed by atoms with Crippen molar-refractivity contribution < 1.29 is 9.26 Å². The Kier molecular flexibility index (Phi) is 4.05. The van der Waals surface area contributed by atoms with Crippen molar-refractivity contribution in [2.75, 3.05) is 12.8 Å². The largest absolute Gasteiger partial charge is 0.496 e. The Balaban J connectivity index is 2.22. The predicted octanol–water partition coefficient (Wildman–Crippen LogP) is 5.19. The first-order valence-electron chi connectivity index (χ1n) is 5.95. The van der Waals surface area contributed by atoms with E-state index in [0.717, 1.165) is 30.0 Å². The van der Waals surface area contributed by atoms with Crippen LogP contribution in [0.25, 0.3) is 21.8 Å². The van der Waals surface area contributed by atoms with Gasteiger partial charge in [0, 0.05) is 10.0 Å². The maximum absolute atomic E-state index is 6.00. The van der Waals surface area contributed by atoms with E-state index in [0.29, 0.717) is 11.6 Å². The van der Waals surface area contributed by atoms with Crippen LogP contribution in [0.15, 0.2) is 43.1 Å². The summed E-state index contributed by atoms with van der Waals surface area (Å²) in [7, 11) is 1.63. The zero-order chi connectivity index (χ0) is 15.0. The molecule has 0 saturated carbocycles. The van der Waals surface area contributed by atoms with E-state index in [-0.39, 0.29) is 0 Å². The number of anilines is 1. The van der Waals surface area contributed by atoms with Gasteiger partial charge in [0.1, 0.15) is 5.75 Å². The van der Waals surface area contributed by atoms with Gasteiger partial charge < -0.3 is 15.0 Å². The average molecular weight is 430 g/mol. The molecule has 0 unspecified atom stereocenters. The molecule has 2 aromatic heterocycles. The quantitative estimate of drug-likeness (QED) is 0.622. The van der Waals surface area contributed by atoms with Gasteiger partial charge in [-0.25, -0.2) is 0 Å². The molecule has 4 nitrogen and oxygen atoms in total. The number of benzene rings is 1. The summed E-state index contributed by atoms with van der Waals surface area (Å²) in [6.45, 7) is 0. The van der Waals surface area contributed by atoms with Gasteiger partial charge in [0.25, 0.3) is 0 Å². The van der Waals surface area contributed by atoms with Gasteiger partial charge in [0.2, 0.25) is 0 Å². The molecule has 2 N–H and O–H groups in total. The molecule has 2 heterocycles. The van der Waals surface area contributed by atoms with Crippen LogP contribution in [0.4, 0.5) is 5.82 Å². The number of hydrogen-bond acceptors (Lipinski definition) is 5. The third-order valence-electron chi connectivity index (χ3n) is 2.96. The summed E-state index contributed by atoms with van der Waals surface area (Å²) >= 11 is 8.50. The molecule has 7 heteroatoms. The second-order valence-corrected chi connectivity index (χ2v) is 7.43. The topological polar surface area (TPSA) is 61.3 Å². The highest BCUT2D eigenvalue weighted by atomic mass is 79.9. The number of nitrogens with zero attached hydrogens (tertiary/aromatic N) is 1. The smallest absolute Gasteiger partial charge is 0.187 e. The summed E-state index contributed by atoms with van der Waals surface area (Å²) in [6.07, 6.45) is 0. The number of nitrogen functional groups attached to an aromatic ring is 1. The van der Waals surface area contributed by atoms with Gasteiger partial charge in [0.05, 0.1) is 21.3 Å². The molecule has 0 aliphatic rings. The number of ether oxygens (including phenoxy) is 1. The lowest BCUT2D eigenvalue weighted by Crippen LogP contribution is -1.92. The zero-order valence-electron chi connectivity index (χ0n) is 10.9. The van der Waals surface area contributed by atoms with Crippen molar-refractivity contribution in [1.82, 2.24) is 5.16 Å². The first-order chi connectivity index (χ1) is 10.1. The maximum Gasteiger partial charge on any atom is 0.187 e. The number of hydrogen-bond donors (Lipinski definition) is 1. The minimum Gasteiger partial charge on any atom is -0.496 e. The molecule has 0 aliphatic heterocycles. The first kappa shape index (κ1) is 14.6. The summed E-state index contributed by atoms with van der Waals surface area (Å²) in [5.41, 5.74) is 7.60. The van der Waals surface area contributed by atoms with E-state index in [1.165, 1.54) is 0 Å². The molecule has 0 bridgehead atoms. The second kappa shape index (κ2) is 5.82. The Morgan fingerprint density at radius 2 is 2.05 bits per heavy atom. The SMILES string of the molecule is COc1ccccc1-c1c(N)noc1-c1cc(Br)c(Br)s1. The number of para-hydroxylation sites is 1. The number of halogens is 2. The van der Waals surface area contributed by atoms with Gasteiger partial charge in [-0.3, -0.25) is 0 Å². The van der Waals surface area contributed by atoms with Crippen LogP contribution in [0, 0.1) is 0 Å². The number of methoxy groups -OCH3 is 1. The van der Waals surface area contributed by atoms with Crippen LogP contribution >= 0.6 is 43.2 Å². The highest BCUT2D eigenvalue weighted by Crippen LogP contribution is 2.45. The number of aromatic nitrogens is 1. The Morgan fingerprint density at radius 3 is 2.71 bits per heavy atom. The number of rotatable bonds is 3. The van der Waals surface area contributed by atoms with Crippen LogP contribution in [0.3, 0.4) is 0 Å². The molecular formula is C14H10Br2N2O2S. The molecule has 0 aliphatic carbocycles. The number of nitrogens with two attached hydrogens (primary N) is 1. The van der Waals surface area contributed by atoms with Crippen molar-refractivity contribution in [1.29, 1.82) is 0 Å². The summed E-state index contributed by atoms with van der Waals surface area (Å²) in [4.78, 5) is 0.929. The van der Waals surface area contributed by atoms with Crippen molar-refractivity contribution in [3.8, 4) is 27.5 Å². The zero-order valence-corrected chi connectivity index (χ0v) is 14.9. The van der Waals surface area contributed by atoms with E-state index in [9.17, 15) is 0 Å². The van der Waals surface area contributed by atoms with Gasteiger partial charge in [0.15, 0.2) is 11.6 Å². The fraction of sp³-hybridized carbons (Fsp3) is 0.0714. The molecule has 0 spiro atoms. The molecular weight excluding hydrogens is 420 g/mol. The normalized spacial score (nSPS) is 10.8. The monoisotopic (exact) mass is 428 g/mol. The minimum absolute atomic E-state index is 0.343. The van der Waals surface area contributed by atoms with Gasteiger partial charge in [-0.15, -0.1) is 11.3 Å². The third-order valence-corrected chi connectivity index (χ3v) is 6.22. The highest BCUT2D eigenvalue weighted by molar-refractivity contribution is 9.13. The Labute approximate surface area is 142 Å². The molecule has 0 radical (unpaired) electrons. The van der Waals surface area contributed by atoms with E-state index >= 15 is 0 Å². The predicted molar refractivity (Wildman–Crippen MR) is 91.6 cm³/mol. The van der Waals surface area contributed by atoms with Crippen LogP contribution in [0.2, 0.25) is 0 Å². The van der Waals surface area contributed by atoms with Gasteiger partial charge in [-0.1, -0.05) is 23.4 Å². The Morgan fingerprint density at radius 1 is 1.29 bits per heavy atom. The van der Waals surface area contributed by atoms with Crippen LogP contribution in [-0.2, 0) is 0 Å². The van der Waals surface area contributed by atoms with Crippen molar-refractivity contribution in [3.05, 3.63) is 38.6 Å². The maximum atomic E-state index is 6.00. The van der Waals surface area contributed by atoms with Crippen molar-refractivity contribution >= 4 is 49.0 Å². The van der Waals surface area contributed by atoms with Crippen LogP contribution in [0.1, 0.15) is 0 Å². The molecule has 0 saturated heterocycles. The third kappa shape index (κ3) is 2.61. The fourth-order valence-electron chi connectivity index (χ4n) is 2.04. The van der Waals surface area contributed by atoms with Crippen molar-refractivity contribution in [2.24, 2.45) is 0 Å². The van der Waals surface area contributed by atoms with E-state index < -0.39 is 0 Å². The molecule has 0 amide bonds. The lowest BCUT2D eigenvalue weighted by Gasteiger charge is -2.07. The lowest BCUT2D eigenvalue weighted by molar-refractivity contribution is 0.416. The molecule has 1 aromatic carbocycles. The molecule has 0 fully saturated rings. The standard InChI is InChI=1S/C14H10Br2N2O2S/c1-19-9-5-3-2-4-7(9)11-12(20-18-14(11)17)10-6-8(15)13(16)21-10/h2-6H,1H3,(H2,17,18). The summed E-state index contributed by atoms with van der Waals surface area (Å²) in [6, 6.07) is 9.61. The Bertz CT molecular complexity index is 779. The van der Waals surface area contributed by atoms with Crippen LogP contribution in [0.5, 0.6) is 5.75 Å². The van der Waals surface area contributed by atoms with Crippen LogP contribution in [-0.4, -0.2) is 12.3 Å².